The number of hydrogen-bond acceptors (Lipinski definition) is 1. The number of carbonyl (C=O) groups excluding carboxylic acids is 1. The molecule has 10 aliphatic heterocycles. The summed E-state index contributed by atoms with van der Waals surface area (Å²) < 4.78 is 1.65. The molecule has 10 heterocycles. The van der Waals surface area contributed by atoms with Crippen LogP contribution in [0.4, 0.5) is 0 Å². The maximum absolute atomic E-state index is 12.2. The van der Waals surface area contributed by atoms with Gasteiger partial charge in [-0.15, -0.1) is 0 Å². The molecule has 0 aromatic rings. The van der Waals surface area contributed by atoms with Crippen LogP contribution in [0.2, 0.25) is 47.5 Å². The van der Waals surface area contributed by atoms with Gasteiger partial charge in [-0.25, -0.2) is 0 Å². The molecule has 0 aromatic heterocycles. The van der Waals surface area contributed by atoms with Gasteiger partial charge in [-0.2, -0.15) is 0 Å². The molecule has 11 rings (SSSR count). The van der Waals surface area contributed by atoms with Gasteiger partial charge >= 0.3 is 136 Å². The van der Waals surface area contributed by atoms with Gasteiger partial charge in [-0.3, -0.25) is 0 Å². The van der Waals surface area contributed by atoms with Crippen molar-refractivity contribution in [2.24, 2.45) is 5.92 Å². The van der Waals surface area contributed by atoms with E-state index in [4.69, 9.17) is 0 Å². The Hall–Kier alpha value is 0.206. The van der Waals surface area contributed by atoms with Crippen molar-refractivity contribution < 1.29 is 11.3 Å². The molecule has 1 amide bonds. The van der Waals surface area contributed by atoms with Crippen molar-refractivity contribution in [3.63, 3.8) is 0 Å². The van der Waals surface area contributed by atoms with Crippen LogP contribution in [0.15, 0.2) is 0 Å². The Morgan fingerprint density at radius 3 is 2.21 bits per heavy atom. The summed E-state index contributed by atoms with van der Waals surface area (Å²) in [5, 5.41) is 4.58. The normalized spacial score (nSPS) is 104. The van der Waals surface area contributed by atoms with Gasteiger partial charge in [0.2, 0.25) is 0 Å². The van der Waals surface area contributed by atoms with E-state index in [0.717, 1.165) is 14.9 Å². The quantitative estimate of drug-likeness (QED) is 0.724. The van der Waals surface area contributed by atoms with E-state index < -0.39 is 6.51 Å². The fourth-order valence-corrected chi connectivity index (χ4v) is 116. The Kier molecular flexibility index (Phi) is 0.540. The molecule has 11 aliphatic rings. The van der Waals surface area contributed by atoms with Crippen LogP contribution in [0.5, 0.6) is 0 Å². The van der Waals surface area contributed by atoms with Crippen molar-refractivity contribution in [2.45, 2.75) is 98.4 Å². The molecule has 1 N–H and O–H groups in total. The number of fused-ring (bicyclic) bond motifs is 10. The van der Waals surface area contributed by atoms with Crippen LogP contribution in [-0.4, -0.2) is 19.9 Å². The Balaban J connectivity index is 1.23. The summed E-state index contributed by atoms with van der Waals surface area (Å²) >= 11 is 0. The fraction of sp³-hybridized carbons (Fsp3) is 0.950. The van der Waals surface area contributed by atoms with E-state index in [1.807, 2.05) is 6.92 Å². The predicted molar refractivity (Wildman–Crippen MR) is 93.8 cm³/mol. The number of nitrogens with one attached hydrogen (secondary N) is 1. The summed E-state index contributed by atoms with van der Waals surface area (Å²) in [6.45, 7) is 3.86. The second-order valence-corrected chi connectivity index (χ2v) is 41.7. The van der Waals surface area contributed by atoms with Crippen LogP contribution in [-0.2, 0) is 11.3 Å². The topological polar surface area (TPSA) is 29.1 Å². The van der Waals surface area contributed by atoms with Crippen molar-refractivity contribution in [3.8, 4) is 0 Å². The zero-order chi connectivity index (χ0) is 15.8. The first-order valence-electron chi connectivity index (χ1n) is 10.7. The van der Waals surface area contributed by atoms with E-state index in [9.17, 15) is 4.79 Å². The van der Waals surface area contributed by atoms with Crippen LogP contribution in [0.3, 0.4) is 0 Å². The molecule has 2 nitrogen and oxygen atoms in total. The molecule has 11 fully saturated rings. The maximum atomic E-state index is 12.2. The molecule has 1 aliphatic carbocycles. The molecule has 10 unspecified atom stereocenters. The van der Waals surface area contributed by atoms with E-state index in [0.29, 0.717) is 10.3 Å². The van der Waals surface area contributed by atoms with Crippen molar-refractivity contribution in [3.05, 3.63) is 0 Å². The molecule has 0 bridgehead atoms. The first-order valence-corrected chi connectivity index (χ1v) is 18.3. The van der Waals surface area contributed by atoms with Gasteiger partial charge in [0, 0.05) is 0 Å². The molecule has 4 heteroatoms. The molecule has 10 atom stereocenters. The Morgan fingerprint density at radius 1 is 1.08 bits per heavy atom. The first-order chi connectivity index (χ1) is 11.2. The summed E-state index contributed by atoms with van der Waals surface area (Å²) in [6, 6.07) is 0. The SMILES string of the molecule is CC(=O)N[C]12[CH]3[CH]4[CH]5[CH]1[Fe]45321678[CH]2[CH]1[CH]6[C]7([SiH2]C1(C)CCCCC1C)[CH]28. The summed E-state index contributed by atoms with van der Waals surface area (Å²) in [6.07, 6.45) is 6.11. The number of rotatable bonds is 3. The number of carbonyl (C=O) groups is 1. The first kappa shape index (κ1) is 11.1. The van der Waals surface area contributed by atoms with Crippen LogP contribution in [0, 0.1) is 5.92 Å². The molecule has 10 saturated heterocycles. The van der Waals surface area contributed by atoms with E-state index in [2.05, 4.69) is 19.2 Å². The van der Waals surface area contributed by atoms with E-state index in [1.54, 1.807) is 6.42 Å². The molecule has 0 radical (unpaired) electrons. The summed E-state index contributed by atoms with van der Waals surface area (Å²) in [7, 11) is 0.00465. The van der Waals surface area contributed by atoms with Gasteiger partial charge in [0.05, 0.1) is 0 Å². The molecular formula is C20H29FeNOSi. The Bertz CT molecular complexity index is 1250. The number of hydrogen-bond donors (Lipinski definition) is 1. The van der Waals surface area contributed by atoms with Crippen molar-refractivity contribution in [1.29, 1.82) is 0 Å². The van der Waals surface area contributed by atoms with Gasteiger partial charge in [-0.1, -0.05) is 0 Å². The van der Waals surface area contributed by atoms with Gasteiger partial charge in [0.25, 0.3) is 0 Å². The van der Waals surface area contributed by atoms with Gasteiger partial charge < -0.3 is 0 Å². The molecule has 24 heavy (non-hydrogen) atoms. The minimum atomic E-state index is -3.33. The summed E-state index contributed by atoms with van der Waals surface area (Å²) in [4.78, 5) is 22.6. The molecular weight excluding hydrogens is 354 g/mol. The molecule has 1 saturated carbocycles. The minimum absolute atomic E-state index is 0.00465. The van der Waals surface area contributed by atoms with Crippen molar-refractivity contribution in [2.75, 3.05) is 0 Å². The van der Waals surface area contributed by atoms with Gasteiger partial charge in [-0.05, 0) is 0 Å². The predicted octanol–water partition coefficient (Wildman–Crippen LogP) is 4.30. The van der Waals surface area contributed by atoms with E-state index in [1.165, 1.54) is 57.8 Å². The summed E-state index contributed by atoms with van der Waals surface area (Å²) in [5.74, 6) is 1.35. The fourth-order valence-electron chi connectivity index (χ4n) is 20.5. The van der Waals surface area contributed by atoms with E-state index >= 15 is 0 Å². The van der Waals surface area contributed by atoms with Crippen LogP contribution >= 0.6 is 0 Å². The third-order valence-corrected chi connectivity index (χ3v) is 71.9. The molecule has 1 spiro atoms. The second kappa shape index (κ2) is 1.16. The Labute approximate surface area is 136 Å². The third kappa shape index (κ3) is 0.158. The van der Waals surface area contributed by atoms with Crippen LogP contribution in [0.25, 0.3) is 0 Å². The van der Waals surface area contributed by atoms with Gasteiger partial charge in [0.1, 0.15) is 0 Å². The molecule has 0 aromatic carbocycles. The van der Waals surface area contributed by atoms with E-state index in [-0.39, 0.29) is 9.52 Å². The number of amides is 1. The second-order valence-electron chi connectivity index (χ2n) is 14.6. The van der Waals surface area contributed by atoms with Gasteiger partial charge in [0.15, 0.2) is 0 Å². The standard InChI is InChI=1S/C13H21Si.C7H8NO.Fe/c1-11-7-5-6-10-13(11,2)14-12-8-3-4-9-12;1-6(9)8-7-4-2-3-5-7;/h3-4,8-9,11H,5-7,10,14H2,1-2H3;2-5H,1H3,(H,8,9);. The average molecular weight is 383 g/mol. The van der Waals surface area contributed by atoms with Crippen LogP contribution < -0.4 is 5.32 Å². The Morgan fingerprint density at radius 2 is 1.71 bits per heavy atom. The van der Waals surface area contributed by atoms with Crippen molar-refractivity contribution in [1.82, 2.24) is 5.32 Å². The summed E-state index contributed by atoms with van der Waals surface area (Å²) in [5.41, 5.74) is 0. The van der Waals surface area contributed by atoms with Crippen LogP contribution in [0.1, 0.15) is 46.5 Å². The zero-order valence-corrected chi connectivity index (χ0v) is 17.5. The monoisotopic (exact) mass is 383 g/mol. The third-order valence-electron chi connectivity index (χ3n) is 19.0. The molecule has 132 valence electrons. The zero-order valence-electron chi connectivity index (χ0n) is 15.0. The average Bonchev–Trinajstić information content (AvgIpc) is 3.46. The van der Waals surface area contributed by atoms with Crippen molar-refractivity contribution >= 4 is 15.4 Å².